The van der Waals surface area contributed by atoms with Crippen LogP contribution in [0.2, 0.25) is 0 Å². The Morgan fingerprint density at radius 1 is 1.41 bits per heavy atom. The van der Waals surface area contributed by atoms with Crippen molar-refractivity contribution < 1.29 is 19.1 Å². The average Bonchev–Trinajstić information content (AvgIpc) is 2.86. The van der Waals surface area contributed by atoms with E-state index in [1.165, 1.54) is 0 Å². The number of allylic oxidation sites excluding steroid dienone is 3. The highest BCUT2D eigenvalue weighted by molar-refractivity contribution is 6.00. The van der Waals surface area contributed by atoms with Crippen LogP contribution in [0.25, 0.3) is 0 Å². The number of nitrogens with one attached hydrogen (secondary N) is 1. The summed E-state index contributed by atoms with van der Waals surface area (Å²) in [5.41, 5.74) is 3.80. The van der Waals surface area contributed by atoms with Crippen molar-refractivity contribution in [1.29, 1.82) is 0 Å². The second-order valence-corrected chi connectivity index (χ2v) is 8.95. The molecule has 0 aromatic rings. The minimum atomic E-state index is -0.403. The van der Waals surface area contributed by atoms with Crippen LogP contribution in [-0.4, -0.2) is 48.8 Å². The number of fused-ring (bicyclic) bond motifs is 2. The molecule has 29 heavy (non-hydrogen) atoms. The van der Waals surface area contributed by atoms with Crippen molar-refractivity contribution in [2.24, 2.45) is 11.3 Å². The number of likely N-dealkylation sites (N-methyl/N-ethyl adjacent to an activating group) is 1. The molecule has 0 spiro atoms. The van der Waals surface area contributed by atoms with Gasteiger partial charge in [0, 0.05) is 36.2 Å². The van der Waals surface area contributed by atoms with E-state index >= 15 is 0 Å². The van der Waals surface area contributed by atoms with Crippen LogP contribution in [0.1, 0.15) is 54.4 Å². The number of carbonyl (C=O) groups excluding carboxylic acids is 2. The fourth-order valence-electron chi connectivity index (χ4n) is 4.65. The molecular formula is C23H34N2O4. The second kappa shape index (κ2) is 7.98. The summed E-state index contributed by atoms with van der Waals surface area (Å²) < 4.78 is 12.0. The van der Waals surface area contributed by atoms with Gasteiger partial charge in [-0.2, -0.15) is 0 Å². The molecule has 0 saturated heterocycles. The van der Waals surface area contributed by atoms with Crippen molar-refractivity contribution in [2.75, 3.05) is 13.6 Å². The summed E-state index contributed by atoms with van der Waals surface area (Å²) in [7, 11) is 1.83. The number of ether oxygens (including phenoxy) is 2. The lowest BCUT2D eigenvalue weighted by molar-refractivity contribution is -0.123. The van der Waals surface area contributed by atoms with E-state index in [9.17, 15) is 9.59 Å². The molecule has 1 heterocycles. The highest BCUT2D eigenvalue weighted by atomic mass is 16.6. The summed E-state index contributed by atoms with van der Waals surface area (Å²) in [4.78, 5) is 26.6. The maximum atomic E-state index is 12.5. The van der Waals surface area contributed by atoms with Gasteiger partial charge in [0.25, 0.3) is 5.91 Å². The normalized spacial score (nSPS) is 31.4. The molecule has 0 saturated carbocycles. The first-order valence-corrected chi connectivity index (χ1v) is 10.6. The molecule has 4 atom stereocenters. The predicted octanol–water partition coefficient (Wildman–Crippen LogP) is 3.94. The first-order chi connectivity index (χ1) is 13.6. The topological polar surface area (TPSA) is 67.9 Å². The largest absolute Gasteiger partial charge is 0.443 e. The minimum Gasteiger partial charge on any atom is -0.443 e. The molecule has 3 rings (SSSR count). The monoisotopic (exact) mass is 402 g/mol. The third-order valence-electron chi connectivity index (χ3n) is 6.60. The van der Waals surface area contributed by atoms with Gasteiger partial charge in [-0.25, -0.2) is 4.79 Å². The van der Waals surface area contributed by atoms with E-state index in [0.29, 0.717) is 6.54 Å². The smallest absolute Gasteiger partial charge is 0.407 e. The number of amides is 2. The number of carbonyl (C=O) groups is 2. The van der Waals surface area contributed by atoms with Gasteiger partial charge in [0.15, 0.2) is 0 Å². The fraction of sp³-hybridized carbons (Fsp3) is 0.652. The predicted molar refractivity (Wildman–Crippen MR) is 112 cm³/mol. The molecule has 0 fully saturated rings. The molecule has 2 amide bonds. The molecular weight excluding hydrogens is 368 g/mol. The number of nitrogens with zero attached hydrogens (tertiary/aromatic N) is 1. The molecule has 0 aromatic carbocycles. The van der Waals surface area contributed by atoms with Gasteiger partial charge >= 0.3 is 6.09 Å². The zero-order valence-corrected chi connectivity index (χ0v) is 18.7. The third-order valence-corrected chi connectivity index (χ3v) is 6.60. The van der Waals surface area contributed by atoms with Crippen LogP contribution in [0.15, 0.2) is 34.6 Å². The van der Waals surface area contributed by atoms with Gasteiger partial charge in [-0.3, -0.25) is 4.79 Å². The number of rotatable bonds is 5. The number of alkyl carbamates (subject to hydrolysis) is 1. The maximum Gasteiger partial charge on any atom is 0.407 e. The van der Waals surface area contributed by atoms with Crippen LogP contribution in [0, 0.1) is 11.3 Å². The second-order valence-electron chi connectivity index (χ2n) is 8.95. The van der Waals surface area contributed by atoms with Crippen LogP contribution >= 0.6 is 0 Å². The van der Waals surface area contributed by atoms with Crippen LogP contribution in [0.4, 0.5) is 4.79 Å². The van der Waals surface area contributed by atoms with Crippen molar-refractivity contribution >= 4 is 12.0 Å². The van der Waals surface area contributed by atoms with Gasteiger partial charge in [-0.05, 0) is 56.9 Å². The van der Waals surface area contributed by atoms with Crippen molar-refractivity contribution in [3.63, 3.8) is 0 Å². The van der Waals surface area contributed by atoms with Crippen molar-refractivity contribution in [1.82, 2.24) is 10.2 Å². The zero-order chi connectivity index (χ0) is 21.5. The molecule has 0 aromatic heterocycles. The first kappa shape index (κ1) is 21.6. The van der Waals surface area contributed by atoms with E-state index < -0.39 is 12.2 Å². The fourth-order valence-corrected chi connectivity index (χ4v) is 4.65. The van der Waals surface area contributed by atoms with Crippen LogP contribution in [0.3, 0.4) is 0 Å². The van der Waals surface area contributed by atoms with Gasteiger partial charge in [0.05, 0.1) is 6.10 Å². The Labute approximate surface area is 174 Å². The van der Waals surface area contributed by atoms with Gasteiger partial charge in [-0.1, -0.05) is 20.8 Å². The quantitative estimate of drug-likeness (QED) is 0.756. The minimum absolute atomic E-state index is 0.00267. The Morgan fingerprint density at radius 2 is 2.10 bits per heavy atom. The third kappa shape index (κ3) is 3.75. The first-order valence-electron chi connectivity index (χ1n) is 10.6. The molecule has 1 aliphatic heterocycles. The molecule has 6 heteroatoms. The summed E-state index contributed by atoms with van der Waals surface area (Å²) in [6, 6.07) is 0. The molecule has 0 unspecified atom stereocenters. The molecule has 0 bridgehead atoms. The van der Waals surface area contributed by atoms with Gasteiger partial charge in [0.1, 0.15) is 12.2 Å². The molecule has 160 valence electrons. The summed E-state index contributed by atoms with van der Waals surface area (Å²) in [6.07, 6.45) is 4.69. The van der Waals surface area contributed by atoms with Gasteiger partial charge < -0.3 is 19.7 Å². The SMILES string of the molecule is CCCNC(=O)O[C@H]1[C@H](OC(C)C)C=C2C=C3C(=C(C)C(=O)N3C)C[C@]2(C)[C@H]1C. The van der Waals surface area contributed by atoms with Crippen LogP contribution in [-0.2, 0) is 14.3 Å². The summed E-state index contributed by atoms with van der Waals surface area (Å²) >= 11 is 0. The Morgan fingerprint density at radius 3 is 2.72 bits per heavy atom. The van der Waals surface area contributed by atoms with Crippen molar-refractivity contribution in [2.45, 2.75) is 72.7 Å². The Kier molecular flexibility index (Phi) is 5.95. The van der Waals surface area contributed by atoms with Crippen LogP contribution in [0.5, 0.6) is 0 Å². The van der Waals surface area contributed by atoms with Crippen molar-refractivity contribution in [3.8, 4) is 0 Å². The highest BCUT2D eigenvalue weighted by Gasteiger charge is 2.51. The molecule has 6 nitrogen and oxygen atoms in total. The standard InChI is InChI=1S/C23H34N2O4/c1-8-9-24-22(27)29-20-15(5)23(6)12-17-14(4)21(26)25(7)18(17)10-16(23)11-19(20)28-13(2)3/h10-11,13,15,19-20H,8-9,12H2,1-7H3,(H,24,27)/t15-,19+,20+,23+/m0/s1. The Hall–Kier alpha value is -2.08. The van der Waals surface area contributed by atoms with Crippen LogP contribution < -0.4 is 5.32 Å². The molecule has 3 aliphatic rings. The summed E-state index contributed by atoms with van der Waals surface area (Å²) in [5.74, 6) is 0.0845. The number of hydrogen-bond donors (Lipinski definition) is 1. The maximum absolute atomic E-state index is 12.5. The van der Waals surface area contributed by atoms with E-state index in [4.69, 9.17) is 9.47 Å². The lowest BCUT2D eigenvalue weighted by Gasteiger charge is -2.49. The molecule has 1 N–H and O–H groups in total. The zero-order valence-electron chi connectivity index (χ0n) is 18.7. The molecule has 0 radical (unpaired) electrons. The highest BCUT2D eigenvalue weighted by Crippen LogP contribution is 2.54. The lowest BCUT2D eigenvalue weighted by Crippen LogP contribution is -2.51. The summed E-state index contributed by atoms with van der Waals surface area (Å²) in [6.45, 7) is 12.8. The average molecular weight is 403 g/mol. The van der Waals surface area contributed by atoms with E-state index in [0.717, 1.165) is 35.3 Å². The number of hydrogen-bond acceptors (Lipinski definition) is 4. The molecule has 2 aliphatic carbocycles. The van der Waals surface area contributed by atoms with Gasteiger partial charge in [0.2, 0.25) is 0 Å². The van der Waals surface area contributed by atoms with E-state index in [1.807, 2.05) is 34.7 Å². The lowest BCUT2D eigenvalue weighted by atomic mass is 9.59. The Balaban J connectivity index is 2.00. The van der Waals surface area contributed by atoms with Crippen molar-refractivity contribution in [3.05, 3.63) is 34.6 Å². The summed E-state index contributed by atoms with van der Waals surface area (Å²) in [5, 5.41) is 2.80. The Bertz CT molecular complexity index is 795. The van der Waals surface area contributed by atoms with E-state index in [-0.39, 0.29) is 29.4 Å². The van der Waals surface area contributed by atoms with Gasteiger partial charge in [-0.15, -0.1) is 0 Å². The van der Waals surface area contributed by atoms with E-state index in [2.05, 4.69) is 31.3 Å². The van der Waals surface area contributed by atoms with E-state index in [1.54, 1.807) is 4.90 Å².